The fraction of sp³-hybridized carbons (Fsp3) is 0.120. The molecule has 0 radical (unpaired) electrons. The molecule has 2 aromatic carbocycles. The number of allylic oxidation sites excluding steroid dienone is 4. The zero-order valence-electron chi connectivity index (χ0n) is 16.3. The van der Waals surface area contributed by atoms with Gasteiger partial charge in [-0.3, -0.25) is 0 Å². The van der Waals surface area contributed by atoms with E-state index in [1.165, 1.54) is 16.7 Å². The van der Waals surface area contributed by atoms with Gasteiger partial charge in [0.25, 0.3) is 0 Å². The number of aromatic nitrogens is 1. The molecule has 0 unspecified atom stereocenters. The number of aryl methyl sites for hydroxylation is 2. The number of anilines is 1. The van der Waals surface area contributed by atoms with Crippen LogP contribution in [0, 0.1) is 25.2 Å². The Hall–Kier alpha value is -3.64. The molecular formula is C25H21N3. The topological polar surface area (TPSA) is 39.9 Å². The summed E-state index contributed by atoms with van der Waals surface area (Å²) in [5, 5.41) is 10.7. The van der Waals surface area contributed by atoms with Gasteiger partial charge >= 0.3 is 0 Å². The van der Waals surface area contributed by atoms with Crippen molar-refractivity contribution in [1.82, 2.24) is 4.98 Å². The summed E-state index contributed by atoms with van der Waals surface area (Å²) in [6, 6.07) is 18.8. The van der Waals surface area contributed by atoms with Crippen LogP contribution in [-0.2, 0) is 0 Å². The van der Waals surface area contributed by atoms with Crippen LogP contribution < -0.4 is 4.90 Å². The van der Waals surface area contributed by atoms with E-state index in [-0.39, 0.29) is 0 Å². The van der Waals surface area contributed by atoms with Gasteiger partial charge < -0.3 is 4.90 Å². The van der Waals surface area contributed by atoms with Gasteiger partial charge in [-0.15, -0.1) is 0 Å². The minimum absolute atomic E-state index is 0.548. The highest BCUT2D eigenvalue weighted by molar-refractivity contribution is 5.85. The SMILES string of the molecule is Cc1ccc2c(c1)C=C/C(=C\C=C(/C#N)c1ccc3cc(C)ccc3n1)N2C. The summed E-state index contributed by atoms with van der Waals surface area (Å²) < 4.78 is 0. The molecular weight excluding hydrogens is 342 g/mol. The van der Waals surface area contributed by atoms with Gasteiger partial charge in [-0.2, -0.15) is 5.26 Å². The lowest BCUT2D eigenvalue weighted by Crippen LogP contribution is -2.18. The first-order valence-corrected chi connectivity index (χ1v) is 9.27. The first-order chi connectivity index (χ1) is 13.5. The molecule has 0 N–H and O–H groups in total. The zero-order chi connectivity index (χ0) is 19.7. The number of hydrogen-bond acceptors (Lipinski definition) is 3. The van der Waals surface area contributed by atoms with E-state index in [1.54, 1.807) is 0 Å². The van der Waals surface area contributed by atoms with Crippen molar-refractivity contribution in [3.63, 3.8) is 0 Å². The minimum Gasteiger partial charge on any atom is -0.344 e. The lowest BCUT2D eigenvalue weighted by molar-refractivity contribution is 1.12. The molecule has 136 valence electrons. The number of pyridine rings is 1. The molecule has 3 nitrogen and oxygen atoms in total. The molecule has 0 fully saturated rings. The highest BCUT2D eigenvalue weighted by Crippen LogP contribution is 2.30. The summed E-state index contributed by atoms with van der Waals surface area (Å²) >= 11 is 0. The summed E-state index contributed by atoms with van der Waals surface area (Å²) in [5.74, 6) is 0. The molecule has 0 bridgehead atoms. The van der Waals surface area contributed by atoms with E-state index in [0.717, 1.165) is 22.3 Å². The highest BCUT2D eigenvalue weighted by Gasteiger charge is 2.13. The molecule has 28 heavy (non-hydrogen) atoms. The maximum absolute atomic E-state index is 9.66. The number of nitriles is 1. The molecule has 0 saturated carbocycles. The molecule has 0 spiro atoms. The lowest BCUT2D eigenvalue weighted by Gasteiger charge is -2.26. The Morgan fingerprint density at radius 1 is 1.00 bits per heavy atom. The van der Waals surface area contributed by atoms with Crippen LogP contribution in [0.15, 0.2) is 72.5 Å². The van der Waals surface area contributed by atoms with Crippen LogP contribution in [0.1, 0.15) is 22.4 Å². The van der Waals surface area contributed by atoms with Crippen LogP contribution >= 0.6 is 0 Å². The van der Waals surface area contributed by atoms with E-state index in [9.17, 15) is 5.26 Å². The van der Waals surface area contributed by atoms with Crippen molar-refractivity contribution in [2.24, 2.45) is 0 Å². The molecule has 3 heteroatoms. The molecule has 0 aliphatic carbocycles. The largest absolute Gasteiger partial charge is 0.344 e. The van der Waals surface area contributed by atoms with Crippen molar-refractivity contribution >= 4 is 28.2 Å². The molecule has 2 heterocycles. The summed E-state index contributed by atoms with van der Waals surface area (Å²) in [4.78, 5) is 6.80. The maximum atomic E-state index is 9.66. The number of fused-ring (bicyclic) bond motifs is 2. The third-order valence-electron chi connectivity index (χ3n) is 5.03. The third kappa shape index (κ3) is 3.33. The smallest absolute Gasteiger partial charge is 0.101 e. The van der Waals surface area contributed by atoms with Crippen molar-refractivity contribution in [1.29, 1.82) is 5.26 Å². The van der Waals surface area contributed by atoms with E-state index in [1.807, 2.05) is 43.5 Å². The Balaban J connectivity index is 1.69. The van der Waals surface area contributed by atoms with Gasteiger partial charge in [0.2, 0.25) is 0 Å². The quantitative estimate of drug-likeness (QED) is 0.540. The molecule has 0 amide bonds. The standard InChI is InChI=1S/C25H21N3/c1-17-4-11-23-19(14-17)8-12-24(27-23)21(16-26)7-10-22-9-6-20-15-18(2)5-13-25(20)28(22)3/h4-15H,1-3H3/b21-7+,22-10+. The first kappa shape index (κ1) is 17.8. The second kappa shape index (κ2) is 7.17. The number of benzene rings is 2. The van der Waals surface area contributed by atoms with Crippen molar-refractivity contribution in [2.45, 2.75) is 13.8 Å². The summed E-state index contributed by atoms with van der Waals surface area (Å²) in [7, 11) is 2.04. The van der Waals surface area contributed by atoms with Gasteiger partial charge in [0, 0.05) is 23.8 Å². The van der Waals surface area contributed by atoms with Crippen molar-refractivity contribution in [3.8, 4) is 6.07 Å². The molecule has 1 aliphatic rings. The van der Waals surface area contributed by atoms with Crippen LogP contribution in [-0.4, -0.2) is 12.0 Å². The number of nitrogens with zero attached hydrogens (tertiary/aromatic N) is 3. The third-order valence-corrected chi connectivity index (χ3v) is 5.03. The first-order valence-electron chi connectivity index (χ1n) is 9.27. The molecule has 0 saturated heterocycles. The molecule has 3 aromatic rings. The van der Waals surface area contributed by atoms with Crippen LogP contribution in [0.2, 0.25) is 0 Å². The molecule has 4 rings (SSSR count). The fourth-order valence-electron chi connectivity index (χ4n) is 3.45. The van der Waals surface area contributed by atoms with Crippen molar-refractivity contribution in [2.75, 3.05) is 11.9 Å². The van der Waals surface area contributed by atoms with Crippen molar-refractivity contribution < 1.29 is 0 Å². The van der Waals surface area contributed by atoms with E-state index in [0.29, 0.717) is 11.3 Å². The fourth-order valence-corrected chi connectivity index (χ4v) is 3.45. The van der Waals surface area contributed by atoms with Crippen LogP contribution in [0.5, 0.6) is 0 Å². The average molecular weight is 363 g/mol. The van der Waals surface area contributed by atoms with Gasteiger partial charge in [-0.1, -0.05) is 35.4 Å². The van der Waals surface area contributed by atoms with E-state index in [2.05, 4.69) is 66.2 Å². The Bertz CT molecular complexity index is 1210. The Labute approximate surface area is 165 Å². The number of rotatable bonds is 2. The van der Waals surface area contributed by atoms with Gasteiger partial charge in [-0.05, 0) is 68.0 Å². The molecule has 1 aliphatic heterocycles. The Kier molecular flexibility index (Phi) is 4.55. The monoisotopic (exact) mass is 363 g/mol. The van der Waals surface area contributed by atoms with Crippen LogP contribution in [0.25, 0.3) is 22.6 Å². The van der Waals surface area contributed by atoms with Crippen molar-refractivity contribution in [3.05, 3.63) is 94.8 Å². The summed E-state index contributed by atoms with van der Waals surface area (Å²) in [6.45, 7) is 4.16. The predicted molar refractivity (Wildman–Crippen MR) is 117 cm³/mol. The average Bonchev–Trinajstić information content (AvgIpc) is 2.69. The van der Waals surface area contributed by atoms with Gasteiger partial charge in [0.15, 0.2) is 0 Å². The normalized spacial score (nSPS) is 15.0. The van der Waals surface area contributed by atoms with E-state index < -0.39 is 0 Å². The number of hydrogen-bond donors (Lipinski definition) is 0. The van der Waals surface area contributed by atoms with Gasteiger partial charge in [0.05, 0.1) is 16.8 Å². The summed E-state index contributed by atoms with van der Waals surface area (Å²) in [6.07, 6.45) is 8.01. The molecule has 1 aromatic heterocycles. The van der Waals surface area contributed by atoms with E-state index in [4.69, 9.17) is 0 Å². The van der Waals surface area contributed by atoms with Crippen LogP contribution in [0.4, 0.5) is 5.69 Å². The highest BCUT2D eigenvalue weighted by atomic mass is 15.1. The summed E-state index contributed by atoms with van der Waals surface area (Å²) in [5.41, 5.74) is 7.97. The van der Waals surface area contributed by atoms with Crippen LogP contribution in [0.3, 0.4) is 0 Å². The maximum Gasteiger partial charge on any atom is 0.101 e. The second-order valence-electron chi connectivity index (χ2n) is 7.13. The van der Waals surface area contributed by atoms with E-state index >= 15 is 0 Å². The second-order valence-corrected chi connectivity index (χ2v) is 7.13. The predicted octanol–water partition coefficient (Wildman–Crippen LogP) is 5.81. The zero-order valence-corrected chi connectivity index (χ0v) is 16.3. The minimum atomic E-state index is 0.548. The Morgan fingerprint density at radius 2 is 1.79 bits per heavy atom. The number of likely N-dealkylation sites (N-methyl/N-ethyl adjacent to an activating group) is 1. The lowest BCUT2D eigenvalue weighted by atomic mass is 10.0. The molecule has 0 atom stereocenters. The van der Waals surface area contributed by atoms with Gasteiger partial charge in [-0.25, -0.2) is 4.98 Å². The Morgan fingerprint density at radius 3 is 2.61 bits per heavy atom. The van der Waals surface area contributed by atoms with Gasteiger partial charge in [0.1, 0.15) is 6.07 Å².